The van der Waals surface area contributed by atoms with Crippen LogP contribution in [0, 0.1) is 0 Å². The summed E-state index contributed by atoms with van der Waals surface area (Å²) in [6.07, 6.45) is 0. The lowest BCUT2D eigenvalue weighted by atomic mass is 10.3. The third-order valence-electron chi connectivity index (χ3n) is 1.43. The van der Waals surface area contributed by atoms with Crippen LogP contribution in [-0.2, 0) is 0 Å². The van der Waals surface area contributed by atoms with Gasteiger partial charge in [0, 0.05) is 13.1 Å². The van der Waals surface area contributed by atoms with Crippen molar-refractivity contribution in [2.75, 3.05) is 13.1 Å². The topological polar surface area (TPSA) is 126 Å². The molecule has 7 nitrogen and oxygen atoms in total. The number of rotatable bonds is 5. The van der Waals surface area contributed by atoms with Crippen LogP contribution in [0.2, 0.25) is 0 Å². The van der Waals surface area contributed by atoms with Gasteiger partial charge in [-0.3, -0.25) is 0 Å². The second-order valence-corrected chi connectivity index (χ2v) is 2.49. The number of nitrogens with zero attached hydrogens (tertiary/aromatic N) is 1. The molecule has 0 fully saturated rings. The largest absolute Gasteiger partial charge is 0.409 e. The summed E-state index contributed by atoms with van der Waals surface area (Å²) in [5.41, 5.74) is 10.1. The van der Waals surface area contributed by atoms with Gasteiger partial charge in [0.05, 0.1) is 6.04 Å². The molecular weight excluding hydrogens is 174 g/mol. The van der Waals surface area contributed by atoms with E-state index >= 15 is 0 Å². The number of hydrogen-bond donors (Lipinski definition) is 5. The standard InChI is InChI=1S/C6H15N5O2/c1-4(5(7)11-13)9-2-3-10-6(8)12/h4,9,13H,2-3H2,1H3,(H2,7,11)(H3,8,10,12). The molecule has 1 unspecified atom stereocenters. The second-order valence-electron chi connectivity index (χ2n) is 2.49. The predicted octanol–water partition coefficient (Wildman–Crippen LogP) is -1.62. The Bertz CT molecular complexity index is 193. The summed E-state index contributed by atoms with van der Waals surface area (Å²) in [4.78, 5) is 10.2. The Morgan fingerprint density at radius 1 is 1.54 bits per heavy atom. The molecule has 0 aliphatic rings. The third kappa shape index (κ3) is 5.74. The summed E-state index contributed by atoms with van der Waals surface area (Å²) in [7, 11) is 0. The van der Waals surface area contributed by atoms with E-state index < -0.39 is 6.03 Å². The van der Waals surface area contributed by atoms with E-state index in [9.17, 15) is 4.79 Å². The number of nitrogens with one attached hydrogen (secondary N) is 2. The summed E-state index contributed by atoms with van der Waals surface area (Å²) in [6.45, 7) is 2.64. The van der Waals surface area contributed by atoms with Crippen LogP contribution in [-0.4, -0.2) is 36.2 Å². The van der Waals surface area contributed by atoms with Crippen LogP contribution in [0.25, 0.3) is 0 Å². The average molecular weight is 189 g/mol. The Balaban J connectivity index is 3.48. The van der Waals surface area contributed by atoms with Crippen LogP contribution in [0.5, 0.6) is 0 Å². The summed E-state index contributed by atoms with van der Waals surface area (Å²) in [5.74, 6) is 0.0964. The molecule has 0 aromatic rings. The zero-order valence-electron chi connectivity index (χ0n) is 7.45. The lowest BCUT2D eigenvalue weighted by Crippen LogP contribution is -2.43. The quantitative estimate of drug-likeness (QED) is 0.117. The molecule has 0 aromatic heterocycles. The maximum absolute atomic E-state index is 10.2. The molecule has 2 amide bonds. The first-order valence-electron chi connectivity index (χ1n) is 3.82. The van der Waals surface area contributed by atoms with Crippen molar-refractivity contribution in [2.24, 2.45) is 16.6 Å². The van der Waals surface area contributed by atoms with Crippen molar-refractivity contribution >= 4 is 11.9 Å². The predicted molar refractivity (Wildman–Crippen MR) is 48.5 cm³/mol. The zero-order valence-corrected chi connectivity index (χ0v) is 7.45. The summed E-state index contributed by atoms with van der Waals surface area (Å²) in [5, 5.41) is 16.4. The number of primary amides is 1. The van der Waals surface area contributed by atoms with E-state index in [0.717, 1.165) is 0 Å². The minimum Gasteiger partial charge on any atom is -0.409 e. The van der Waals surface area contributed by atoms with E-state index in [4.69, 9.17) is 16.7 Å². The molecule has 0 aliphatic heterocycles. The van der Waals surface area contributed by atoms with Gasteiger partial charge in [-0.15, -0.1) is 0 Å². The van der Waals surface area contributed by atoms with Gasteiger partial charge >= 0.3 is 6.03 Å². The third-order valence-corrected chi connectivity index (χ3v) is 1.43. The van der Waals surface area contributed by atoms with Gasteiger partial charge in [-0.2, -0.15) is 0 Å². The van der Waals surface area contributed by atoms with Crippen LogP contribution < -0.4 is 22.1 Å². The number of amidine groups is 1. The summed E-state index contributed by atoms with van der Waals surface area (Å²) >= 11 is 0. The smallest absolute Gasteiger partial charge is 0.312 e. The highest BCUT2D eigenvalue weighted by atomic mass is 16.4. The maximum atomic E-state index is 10.2. The highest BCUT2D eigenvalue weighted by Gasteiger charge is 2.04. The van der Waals surface area contributed by atoms with Gasteiger partial charge in [0.2, 0.25) is 0 Å². The van der Waals surface area contributed by atoms with Crippen molar-refractivity contribution in [1.82, 2.24) is 10.6 Å². The zero-order chi connectivity index (χ0) is 10.3. The Morgan fingerprint density at radius 3 is 2.62 bits per heavy atom. The number of oxime groups is 1. The van der Waals surface area contributed by atoms with Crippen LogP contribution in [0.1, 0.15) is 6.92 Å². The van der Waals surface area contributed by atoms with Crippen molar-refractivity contribution in [1.29, 1.82) is 0 Å². The SMILES string of the molecule is CC(NCCNC(N)=O)C(N)=NO. The fourth-order valence-electron chi connectivity index (χ4n) is 0.666. The van der Waals surface area contributed by atoms with Gasteiger partial charge in [-0.25, -0.2) is 4.79 Å². The maximum Gasteiger partial charge on any atom is 0.312 e. The van der Waals surface area contributed by atoms with Crippen LogP contribution >= 0.6 is 0 Å². The minimum atomic E-state index is -0.571. The summed E-state index contributed by atoms with van der Waals surface area (Å²) in [6, 6.07) is -0.807. The van der Waals surface area contributed by atoms with Gasteiger partial charge in [0.25, 0.3) is 0 Å². The number of hydrogen-bond acceptors (Lipinski definition) is 4. The number of carbonyl (C=O) groups is 1. The lowest BCUT2D eigenvalue weighted by Gasteiger charge is -2.11. The molecule has 0 saturated heterocycles. The normalized spacial score (nSPS) is 13.8. The van der Waals surface area contributed by atoms with Gasteiger partial charge in [0.1, 0.15) is 0 Å². The first-order valence-corrected chi connectivity index (χ1v) is 3.82. The van der Waals surface area contributed by atoms with E-state index in [1.165, 1.54) is 0 Å². The fourth-order valence-corrected chi connectivity index (χ4v) is 0.666. The van der Waals surface area contributed by atoms with Crippen molar-refractivity contribution in [3.63, 3.8) is 0 Å². The molecule has 0 heterocycles. The van der Waals surface area contributed by atoms with E-state index in [-0.39, 0.29) is 11.9 Å². The molecule has 13 heavy (non-hydrogen) atoms. The van der Waals surface area contributed by atoms with E-state index in [0.29, 0.717) is 13.1 Å². The van der Waals surface area contributed by atoms with E-state index in [1.807, 2.05) is 0 Å². The fraction of sp³-hybridized carbons (Fsp3) is 0.667. The molecule has 7 N–H and O–H groups in total. The van der Waals surface area contributed by atoms with Crippen molar-refractivity contribution in [3.05, 3.63) is 0 Å². The van der Waals surface area contributed by atoms with Crippen molar-refractivity contribution in [2.45, 2.75) is 13.0 Å². The number of carbonyl (C=O) groups excluding carboxylic acids is 1. The molecule has 0 rings (SSSR count). The van der Waals surface area contributed by atoms with Crippen molar-refractivity contribution in [3.8, 4) is 0 Å². The van der Waals surface area contributed by atoms with Gasteiger partial charge in [0.15, 0.2) is 5.84 Å². The number of amides is 2. The number of nitrogens with two attached hydrogens (primary N) is 2. The minimum absolute atomic E-state index is 0.0964. The molecule has 0 bridgehead atoms. The van der Waals surface area contributed by atoms with Gasteiger partial charge in [-0.1, -0.05) is 5.16 Å². The Hall–Kier alpha value is -1.50. The first kappa shape index (κ1) is 11.5. The number of urea groups is 1. The van der Waals surface area contributed by atoms with E-state index in [1.54, 1.807) is 6.92 Å². The van der Waals surface area contributed by atoms with Crippen molar-refractivity contribution < 1.29 is 10.0 Å². The Labute approximate surface area is 76.1 Å². The van der Waals surface area contributed by atoms with Gasteiger partial charge in [-0.05, 0) is 6.92 Å². The van der Waals surface area contributed by atoms with Crippen LogP contribution in [0.4, 0.5) is 4.79 Å². The molecule has 0 saturated carbocycles. The van der Waals surface area contributed by atoms with Crippen LogP contribution in [0.3, 0.4) is 0 Å². The van der Waals surface area contributed by atoms with E-state index in [2.05, 4.69) is 15.8 Å². The molecule has 0 aliphatic carbocycles. The molecule has 0 spiro atoms. The van der Waals surface area contributed by atoms with Crippen LogP contribution in [0.15, 0.2) is 5.16 Å². The Kier molecular flexibility index (Phi) is 5.37. The average Bonchev–Trinajstić information content (AvgIpc) is 2.10. The summed E-state index contributed by atoms with van der Waals surface area (Å²) < 4.78 is 0. The molecule has 1 atom stereocenters. The molecule has 7 heteroatoms. The Morgan fingerprint density at radius 2 is 2.15 bits per heavy atom. The van der Waals surface area contributed by atoms with Gasteiger partial charge < -0.3 is 27.3 Å². The highest BCUT2D eigenvalue weighted by molar-refractivity contribution is 5.84. The molecule has 0 aromatic carbocycles. The molecule has 76 valence electrons. The molecular formula is C6H15N5O2. The lowest BCUT2D eigenvalue weighted by molar-refractivity contribution is 0.249. The second kappa shape index (κ2) is 6.06. The molecule has 0 radical (unpaired) electrons. The first-order chi connectivity index (χ1) is 6.07. The highest BCUT2D eigenvalue weighted by Crippen LogP contribution is 1.79. The monoisotopic (exact) mass is 189 g/mol.